The van der Waals surface area contributed by atoms with Crippen molar-refractivity contribution in [1.82, 2.24) is 19.4 Å². The molecule has 11 nitrogen and oxygen atoms in total. The van der Waals surface area contributed by atoms with E-state index in [-0.39, 0.29) is 30.0 Å². The van der Waals surface area contributed by atoms with Crippen LogP contribution in [-0.4, -0.2) is 76.5 Å². The summed E-state index contributed by atoms with van der Waals surface area (Å²) in [6, 6.07) is 12.9. The second-order valence-corrected chi connectivity index (χ2v) is 10.9. The van der Waals surface area contributed by atoms with E-state index in [1.807, 2.05) is 6.07 Å². The average Bonchev–Trinajstić information content (AvgIpc) is 3.39. The summed E-state index contributed by atoms with van der Waals surface area (Å²) in [7, 11) is 1.57. The highest BCUT2D eigenvalue weighted by molar-refractivity contribution is 5.92. The molecule has 0 aliphatic carbocycles. The number of aromatic carboxylic acids is 1. The first kappa shape index (κ1) is 29.3. The third-order valence-corrected chi connectivity index (χ3v) is 8.30. The van der Waals surface area contributed by atoms with Crippen LogP contribution in [0.3, 0.4) is 0 Å². The number of fused-ring (bicyclic) bond motifs is 1. The molecule has 0 spiro atoms. The summed E-state index contributed by atoms with van der Waals surface area (Å²) >= 11 is 0. The average molecular weight is 601 g/mol. The Labute approximate surface area is 254 Å². The highest BCUT2D eigenvalue weighted by Crippen LogP contribution is 2.31. The van der Waals surface area contributed by atoms with Crippen LogP contribution in [0.4, 0.5) is 15.9 Å². The molecule has 2 aliphatic rings. The van der Waals surface area contributed by atoms with E-state index in [4.69, 9.17) is 25.8 Å². The van der Waals surface area contributed by atoms with Crippen LogP contribution in [0.25, 0.3) is 15.9 Å². The SMILES string of the molecule is [C-]#[N+]c1ccc(COc2cc(OC)cc(N3CCN([C@@H](C)c4nc5ccc(C(=O)O)cc5n4C[C@@H]4CCO4)CC3)n2)c(F)c1. The smallest absolute Gasteiger partial charge is 0.335 e. The van der Waals surface area contributed by atoms with Crippen molar-refractivity contribution < 1.29 is 28.5 Å². The number of benzene rings is 2. The summed E-state index contributed by atoms with van der Waals surface area (Å²) in [5.41, 5.74) is 2.37. The predicted molar refractivity (Wildman–Crippen MR) is 161 cm³/mol. The van der Waals surface area contributed by atoms with E-state index in [9.17, 15) is 14.3 Å². The number of ether oxygens (including phenoxy) is 3. The number of aromatic nitrogens is 3. The van der Waals surface area contributed by atoms with Gasteiger partial charge in [-0.3, -0.25) is 4.90 Å². The van der Waals surface area contributed by atoms with Gasteiger partial charge < -0.3 is 28.8 Å². The first-order chi connectivity index (χ1) is 21.3. The molecule has 2 atom stereocenters. The van der Waals surface area contributed by atoms with Gasteiger partial charge in [-0.1, -0.05) is 12.1 Å². The van der Waals surface area contributed by atoms with Crippen LogP contribution in [0.5, 0.6) is 11.6 Å². The maximum Gasteiger partial charge on any atom is 0.335 e. The van der Waals surface area contributed by atoms with Crippen molar-refractivity contribution in [3.8, 4) is 11.6 Å². The second kappa shape index (κ2) is 12.5. The zero-order valence-electron chi connectivity index (χ0n) is 24.6. The van der Waals surface area contributed by atoms with Gasteiger partial charge in [0.25, 0.3) is 0 Å². The van der Waals surface area contributed by atoms with E-state index in [0.717, 1.165) is 43.0 Å². The molecular weight excluding hydrogens is 567 g/mol. The van der Waals surface area contributed by atoms with Gasteiger partial charge >= 0.3 is 5.97 Å². The molecule has 0 saturated carbocycles. The van der Waals surface area contributed by atoms with Crippen LogP contribution >= 0.6 is 0 Å². The fourth-order valence-corrected chi connectivity index (χ4v) is 5.62. The Hall–Kier alpha value is -4.73. The minimum atomic E-state index is -0.965. The first-order valence-corrected chi connectivity index (χ1v) is 14.5. The van der Waals surface area contributed by atoms with Gasteiger partial charge in [0, 0.05) is 50.5 Å². The number of rotatable bonds is 10. The van der Waals surface area contributed by atoms with Crippen molar-refractivity contribution in [3.63, 3.8) is 0 Å². The maximum absolute atomic E-state index is 14.4. The number of methoxy groups -OCH3 is 1. The number of carboxylic acids is 1. The fraction of sp³-hybridized carbons (Fsp3) is 0.375. The lowest BCUT2D eigenvalue weighted by molar-refractivity contribution is -0.0594. The molecule has 6 rings (SSSR count). The fourth-order valence-electron chi connectivity index (χ4n) is 5.62. The number of imidazole rings is 1. The molecule has 1 N–H and O–H groups in total. The van der Waals surface area contributed by atoms with Gasteiger partial charge in [0.1, 0.15) is 29.8 Å². The van der Waals surface area contributed by atoms with Gasteiger partial charge in [-0.2, -0.15) is 4.98 Å². The van der Waals surface area contributed by atoms with Crippen molar-refractivity contribution >= 4 is 28.5 Å². The summed E-state index contributed by atoms with van der Waals surface area (Å²) in [5, 5.41) is 9.56. The van der Waals surface area contributed by atoms with Crippen LogP contribution in [0.15, 0.2) is 48.5 Å². The van der Waals surface area contributed by atoms with E-state index in [0.29, 0.717) is 42.6 Å². The number of anilines is 1. The molecule has 4 aromatic rings. The molecule has 0 bridgehead atoms. The van der Waals surface area contributed by atoms with Crippen LogP contribution in [0.2, 0.25) is 0 Å². The Balaban J connectivity index is 1.16. The van der Waals surface area contributed by atoms with Crippen molar-refractivity contribution in [3.05, 3.63) is 82.7 Å². The van der Waals surface area contributed by atoms with Crippen LogP contribution in [-0.2, 0) is 17.9 Å². The molecule has 0 amide bonds. The van der Waals surface area contributed by atoms with Gasteiger partial charge in [-0.25, -0.2) is 19.0 Å². The maximum atomic E-state index is 14.4. The Kier molecular flexibility index (Phi) is 8.32. The largest absolute Gasteiger partial charge is 0.496 e. The van der Waals surface area contributed by atoms with Gasteiger partial charge in [0.2, 0.25) is 5.88 Å². The van der Waals surface area contributed by atoms with Crippen molar-refractivity contribution in [2.75, 3.05) is 44.8 Å². The standard InChI is InChI=1S/C32H33FN6O5/c1-20(31-35-27-7-5-21(32(40)41)14-28(27)39(31)18-24-8-13-43-24)37-9-11-38(12-10-37)29-16-25(42-3)17-30(36-29)44-19-22-4-6-23(34-2)15-26(22)33/h4-7,14-17,20,24H,8-13,18-19H2,1,3H3,(H,40,41)/t20-,24-/m0/s1. The minimum absolute atomic E-state index is 0.0146. The molecule has 2 aromatic heterocycles. The predicted octanol–water partition coefficient (Wildman–Crippen LogP) is 5.08. The zero-order valence-corrected chi connectivity index (χ0v) is 24.6. The lowest BCUT2D eigenvalue weighted by Gasteiger charge is -2.38. The normalized spacial score (nSPS) is 17.6. The summed E-state index contributed by atoms with van der Waals surface area (Å²) < 4.78 is 33.6. The Bertz CT molecular complexity index is 1720. The lowest BCUT2D eigenvalue weighted by Crippen LogP contribution is -2.48. The topological polar surface area (TPSA) is 107 Å². The van der Waals surface area contributed by atoms with Crippen molar-refractivity contribution in [1.29, 1.82) is 0 Å². The number of piperazine rings is 1. The molecule has 44 heavy (non-hydrogen) atoms. The molecule has 2 aliphatic heterocycles. The number of carboxylic acid groups (broad SMARTS) is 1. The van der Waals surface area contributed by atoms with E-state index in [2.05, 4.69) is 31.1 Å². The zero-order chi connectivity index (χ0) is 30.8. The molecule has 12 heteroatoms. The number of hydrogen-bond acceptors (Lipinski definition) is 8. The summed E-state index contributed by atoms with van der Waals surface area (Å²) in [4.78, 5) is 29.1. The third kappa shape index (κ3) is 6.02. The second-order valence-electron chi connectivity index (χ2n) is 10.9. The molecule has 4 heterocycles. The van der Waals surface area contributed by atoms with Crippen LogP contribution in [0, 0.1) is 12.4 Å². The first-order valence-electron chi connectivity index (χ1n) is 14.5. The molecule has 0 unspecified atom stereocenters. The molecule has 2 aromatic carbocycles. The Morgan fingerprint density at radius 2 is 1.95 bits per heavy atom. The van der Waals surface area contributed by atoms with Crippen LogP contribution < -0.4 is 14.4 Å². The summed E-state index contributed by atoms with van der Waals surface area (Å²) in [5.74, 6) is 1.02. The van der Waals surface area contributed by atoms with E-state index in [1.165, 1.54) is 6.07 Å². The highest BCUT2D eigenvalue weighted by atomic mass is 19.1. The molecular formula is C32H33FN6O5. The van der Waals surface area contributed by atoms with E-state index in [1.54, 1.807) is 43.5 Å². The van der Waals surface area contributed by atoms with Gasteiger partial charge in [0.15, 0.2) is 5.69 Å². The molecule has 2 saturated heterocycles. The minimum Gasteiger partial charge on any atom is -0.496 e. The third-order valence-electron chi connectivity index (χ3n) is 8.30. The van der Waals surface area contributed by atoms with Gasteiger partial charge in [-0.05, 0) is 37.6 Å². The Morgan fingerprint density at radius 3 is 2.61 bits per heavy atom. The van der Waals surface area contributed by atoms with E-state index < -0.39 is 11.8 Å². The summed E-state index contributed by atoms with van der Waals surface area (Å²) in [6.45, 7) is 13.4. The number of nitrogens with zero attached hydrogens (tertiary/aromatic N) is 6. The monoisotopic (exact) mass is 600 g/mol. The highest BCUT2D eigenvalue weighted by Gasteiger charge is 2.29. The van der Waals surface area contributed by atoms with Crippen molar-refractivity contribution in [2.24, 2.45) is 0 Å². The molecule has 2 fully saturated rings. The summed E-state index contributed by atoms with van der Waals surface area (Å²) in [6.07, 6.45) is 1.06. The quantitative estimate of drug-likeness (QED) is 0.250. The number of halogens is 1. The van der Waals surface area contributed by atoms with Crippen LogP contribution in [0.1, 0.15) is 41.1 Å². The van der Waals surface area contributed by atoms with E-state index >= 15 is 0 Å². The Morgan fingerprint density at radius 1 is 1.16 bits per heavy atom. The number of carbonyl (C=O) groups is 1. The molecule has 0 radical (unpaired) electrons. The van der Waals surface area contributed by atoms with Gasteiger partial charge in [0.05, 0.1) is 49.0 Å². The lowest BCUT2D eigenvalue weighted by atomic mass is 10.1. The number of pyridine rings is 1. The van der Waals surface area contributed by atoms with Gasteiger partial charge in [-0.15, -0.1) is 0 Å². The van der Waals surface area contributed by atoms with Crippen molar-refractivity contribution in [2.45, 2.75) is 38.6 Å². The number of hydrogen-bond donors (Lipinski definition) is 1. The molecule has 228 valence electrons.